The van der Waals surface area contributed by atoms with Gasteiger partial charge in [0.1, 0.15) is 5.75 Å². The lowest BCUT2D eigenvalue weighted by atomic mass is 10.1. The van der Waals surface area contributed by atoms with Crippen LogP contribution in [0.5, 0.6) is 11.6 Å². The van der Waals surface area contributed by atoms with E-state index in [9.17, 15) is 13.9 Å². The Morgan fingerprint density at radius 3 is 2.71 bits per heavy atom. The summed E-state index contributed by atoms with van der Waals surface area (Å²) in [7, 11) is 1.33. The third-order valence-electron chi connectivity index (χ3n) is 1.71. The second-order valence-corrected chi connectivity index (χ2v) is 3.04. The molecular formula is C8H8BrF2NO2. The molecule has 0 aliphatic carbocycles. The van der Waals surface area contributed by atoms with Gasteiger partial charge in [0.2, 0.25) is 5.88 Å². The van der Waals surface area contributed by atoms with Crippen molar-refractivity contribution in [2.75, 3.05) is 7.11 Å². The number of nitrogens with zero attached hydrogens (tertiary/aromatic N) is 1. The van der Waals surface area contributed by atoms with E-state index in [1.807, 2.05) is 0 Å². The van der Waals surface area contributed by atoms with E-state index in [0.29, 0.717) is 0 Å². The summed E-state index contributed by atoms with van der Waals surface area (Å²) in [5.74, 6) is -0.426. The van der Waals surface area contributed by atoms with Gasteiger partial charge in [-0.05, 0) is 0 Å². The number of ether oxygens (including phenoxy) is 1. The highest BCUT2D eigenvalue weighted by atomic mass is 79.9. The Balaban J connectivity index is 3.35. The van der Waals surface area contributed by atoms with E-state index in [0.717, 1.165) is 6.20 Å². The van der Waals surface area contributed by atoms with E-state index in [1.54, 1.807) is 0 Å². The van der Waals surface area contributed by atoms with Crippen LogP contribution in [0.25, 0.3) is 0 Å². The van der Waals surface area contributed by atoms with Gasteiger partial charge in [0.25, 0.3) is 6.43 Å². The number of alkyl halides is 3. The van der Waals surface area contributed by atoms with E-state index in [1.165, 1.54) is 7.11 Å². The number of hydrogen-bond donors (Lipinski definition) is 1. The number of methoxy groups -OCH3 is 1. The van der Waals surface area contributed by atoms with E-state index in [2.05, 4.69) is 20.9 Å². The quantitative estimate of drug-likeness (QED) is 0.857. The van der Waals surface area contributed by atoms with Crippen molar-refractivity contribution in [2.45, 2.75) is 11.8 Å². The molecule has 6 heteroatoms. The number of halogens is 3. The van der Waals surface area contributed by atoms with Gasteiger partial charge >= 0.3 is 0 Å². The van der Waals surface area contributed by atoms with Crippen LogP contribution in [0.2, 0.25) is 0 Å². The van der Waals surface area contributed by atoms with Crippen molar-refractivity contribution >= 4 is 15.9 Å². The fourth-order valence-corrected chi connectivity index (χ4v) is 1.63. The van der Waals surface area contributed by atoms with Gasteiger partial charge in [-0.3, -0.25) is 0 Å². The van der Waals surface area contributed by atoms with Gasteiger partial charge < -0.3 is 9.84 Å². The number of aromatic hydroxyl groups is 1. The Kier molecular flexibility index (Phi) is 3.62. The monoisotopic (exact) mass is 267 g/mol. The fraction of sp³-hybridized carbons (Fsp3) is 0.375. The standard InChI is InChI=1S/C8H8BrF2NO2/c1-14-8-4(2-9)6(7(10)11)5(13)3-12-8/h3,7,13H,2H2,1H3. The smallest absolute Gasteiger partial charge is 0.267 e. The molecule has 1 aromatic heterocycles. The third-order valence-corrected chi connectivity index (χ3v) is 2.27. The summed E-state index contributed by atoms with van der Waals surface area (Å²) in [6.45, 7) is 0. The molecule has 0 atom stereocenters. The van der Waals surface area contributed by atoms with Gasteiger partial charge in [0.15, 0.2) is 0 Å². The first-order valence-corrected chi connectivity index (χ1v) is 4.82. The molecule has 0 radical (unpaired) electrons. The first-order valence-electron chi connectivity index (χ1n) is 3.70. The highest BCUT2D eigenvalue weighted by Gasteiger charge is 2.21. The van der Waals surface area contributed by atoms with E-state index < -0.39 is 17.7 Å². The number of hydrogen-bond acceptors (Lipinski definition) is 3. The number of pyridine rings is 1. The summed E-state index contributed by atoms with van der Waals surface area (Å²) in [5.41, 5.74) is -0.267. The zero-order chi connectivity index (χ0) is 10.7. The summed E-state index contributed by atoms with van der Waals surface area (Å²) in [5, 5.41) is 9.34. The van der Waals surface area contributed by atoms with Gasteiger partial charge in [0.05, 0.1) is 18.9 Å². The maximum absolute atomic E-state index is 12.5. The highest BCUT2D eigenvalue weighted by Crippen LogP contribution is 2.36. The van der Waals surface area contributed by atoms with Crippen LogP contribution in [0.1, 0.15) is 17.6 Å². The Hall–Kier alpha value is -0.910. The van der Waals surface area contributed by atoms with Crippen molar-refractivity contribution in [3.8, 4) is 11.6 Å². The zero-order valence-corrected chi connectivity index (χ0v) is 8.88. The van der Waals surface area contributed by atoms with Crippen molar-refractivity contribution in [2.24, 2.45) is 0 Å². The average Bonchev–Trinajstić information content (AvgIpc) is 2.16. The largest absolute Gasteiger partial charge is 0.506 e. The van der Waals surface area contributed by atoms with Crippen molar-refractivity contribution in [1.29, 1.82) is 0 Å². The molecule has 1 aromatic rings. The van der Waals surface area contributed by atoms with Gasteiger partial charge in [-0.25, -0.2) is 13.8 Å². The Morgan fingerprint density at radius 2 is 2.29 bits per heavy atom. The number of rotatable bonds is 3. The molecular weight excluding hydrogens is 260 g/mol. The molecule has 1 heterocycles. The first-order chi connectivity index (χ1) is 6.61. The van der Waals surface area contributed by atoms with E-state index in [4.69, 9.17) is 4.74 Å². The predicted molar refractivity (Wildman–Crippen MR) is 50.0 cm³/mol. The zero-order valence-electron chi connectivity index (χ0n) is 7.30. The van der Waals surface area contributed by atoms with Crippen LogP contribution in [0.3, 0.4) is 0 Å². The minimum absolute atomic E-state index is 0.0926. The average molecular weight is 268 g/mol. The second-order valence-electron chi connectivity index (χ2n) is 2.48. The molecule has 14 heavy (non-hydrogen) atoms. The Bertz CT molecular complexity index is 333. The van der Waals surface area contributed by atoms with Crippen LogP contribution in [0.4, 0.5) is 8.78 Å². The molecule has 0 bridgehead atoms. The molecule has 0 saturated heterocycles. The molecule has 0 aromatic carbocycles. The van der Waals surface area contributed by atoms with Gasteiger partial charge in [-0.2, -0.15) is 0 Å². The maximum atomic E-state index is 12.5. The summed E-state index contributed by atoms with van der Waals surface area (Å²) >= 11 is 3.04. The van der Waals surface area contributed by atoms with Crippen LogP contribution >= 0.6 is 15.9 Å². The molecule has 0 amide bonds. The van der Waals surface area contributed by atoms with Crippen molar-refractivity contribution in [1.82, 2.24) is 4.98 Å². The normalized spacial score (nSPS) is 10.6. The van der Waals surface area contributed by atoms with Crippen LogP contribution in [-0.4, -0.2) is 17.2 Å². The molecule has 1 N–H and O–H groups in total. The highest BCUT2D eigenvalue weighted by molar-refractivity contribution is 9.08. The van der Waals surface area contributed by atoms with Crippen LogP contribution in [0, 0.1) is 0 Å². The van der Waals surface area contributed by atoms with Gasteiger partial charge in [-0.1, -0.05) is 15.9 Å². The number of aromatic nitrogens is 1. The van der Waals surface area contributed by atoms with Crippen LogP contribution in [0.15, 0.2) is 6.20 Å². The minimum atomic E-state index is -2.75. The third kappa shape index (κ3) is 1.95. The van der Waals surface area contributed by atoms with E-state index in [-0.39, 0.29) is 16.8 Å². The lowest BCUT2D eigenvalue weighted by Gasteiger charge is -2.11. The van der Waals surface area contributed by atoms with Crippen LogP contribution in [-0.2, 0) is 5.33 Å². The fourth-order valence-electron chi connectivity index (χ4n) is 1.09. The molecule has 0 spiro atoms. The van der Waals surface area contributed by atoms with E-state index >= 15 is 0 Å². The second kappa shape index (κ2) is 4.54. The molecule has 0 aliphatic rings. The summed E-state index contributed by atoms with van der Waals surface area (Å²) in [6.07, 6.45) is -1.80. The van der Waals surface area contributed by atoms with Crippen molar-refractivity contribution in [3.05, 3.63) is 17.3 Å². The molecule has 0 aliphatic heterocycles. The van der Waals surface area contributed by atoms with Crippen LogP contribution < -0.4 is 4.74 Å². The van der Waals surface area contributed by atoms with Crippen molar-refractivity contribution < 1.29 is 18.6 Å². The molecule has 3 nitrogen and oxygen atoms in total. The lowest BCUT2D eigenvalue weighted by Crippen LogP contribution is -1.99. The SMILES string of the molecule is COc1ncc(O)c(C(F)F)c1CBr. The lowest BCUT2D eigenvalue weighted by molar-refractivity contribution is 0.145. The van der Waals surface area contributed by atoms with Gasteiger partial charge in [-0.15, -0.1) is 0 Å². The summed E-state index contributed by atoms with van der Waals surface area (Å²) in [4.78, 5) is 3.68. The Labute approximate surface area is 87.9 Å². The Morgan fingerprint density at radius 1 is 1.64 bits per heavy atom. The summed E-state index contributed by atoms with van der Waals surface area (Å²) < 4.78 is 29.9. The molecule has 1 rings (SSSR count). The molecule has 0 saturated carbocycles. The maximum Gasteiger partial charge on any atom is 0.267 e. The topological polar surface area (TPSA) is 42.4 Å². The minimum Gasteiger partial charge on any atom is -0.506 e. The molecule has 0 fully saturated rings. The summed E-state index contributed by atoms with van der Waals surface area (Å²) in [6, 6.07) is 0. The molecule has 0 unspecified atom stereocenters. The predicted octanol–water partition coefficient (Wildman–Crippen LogP) is 2.63. The first kappa shape index (κ1) is 11.2. The molecule has 78 valence electrons. The van der Waals surface area contributed by atoms with Gasteiger partial charge in [0, 0.05) is 10.9 Å². The van der Waals surface area contributed by atoms with Crippen molar-refractivity contribution in [3.63, 3.8) is 0 Å².